The van der Waals surface area contributed by atoms with Crippen molar-refractivity contribution in [2.24, 2.45) is 0 Å². The van der Waals surface area contributed by atoms with E-state index in [4.69, 9.17) is 0 Å². The summed E-state index contributed by atoms with van der Waals surface area (Å²) < 4.78 is 0. The fourth-order valence-corrected chi connectivity index (χ4v) is 3.48. The zero-order chi connectivity index (χ0) is 17.6. The number of aromatic amines is 1. The molecule has 1 fully saturated rings. The Morgan fingerprint density at radius 2 is 2.00 bits per heavy atom. The van der Waals surface area contributed by atoms with Crippen LogP contribution in [0.1, 0.15) is 46.6 Å². The molecule has 6 heteroatoms. The molecule has 0 aliphatic carbocycles. The topological polar surface area (TPSA) is 73.9 Å². The molecular weight excluding hydrogens is 314 g/mol. The van der Waals surface area contributed by atoms with Crippen molar-refractivity contribution in [3.8, 4) is 0 Å². The zero-order valence-electron chi connectivity index (χ0n) is 15.1. The molecule has 0 aromatic carbocycles. The molecule has 6 nitrogen and oxygen atoms in total. The predicted octanol–water partition coefficient (Wildman–Crippen LogP) is 2.25. The summed E-state index contributed by atoms with van der Waals surface area (Å²) in [5.74, 6) is 0.117. The minimum Gasteiger partial charge on any atom is -0.339 e. The highest BCUT2D eigenvalue weighted by Gasteiger charge is 2.23. The van der Waals surface area contributed by atoms with Crippen molar-refractivity contribution in [1.29, 1.82) is 0 Å². The number of rotatable bonds is 6. The average molecular weight is 341 g/mol. The van der Waals surface area contributed by atoms with Crippen LogP contribution in [0.2, 0.25) is 0 Å². The van der Waals surface area contributed by atoms with Crippen LogP contribution in [0.5, 0.6) is 0 Å². The second-order valence-corrected chi connectivity index (χ2v) is 6.77. The monoisotopic (exact) mass is 341 g/mol. The molecule has 0 atom stereocenters. The van der Waals surface area contributed by atoms with E-state index >= 15 is 0 Å². The van der Waals surface area contributed by atoms with Crippen molar-refractivity contribution in [2.45, 2.75) is 45.6 Å². The minimum atomic E-state index is 0.117. The summed E-state index contributed by atoms with van der Waals surface area (Å²) >= 11 is 0. The van der Waals surface area contributed by atoms with Gasteiger partial charge in [0.05, 0.1) is 5.69 Å². The molecule has 25 heavy (non-hydrogen) atoms. The fraction of sp³-hybridized carbons (Fsp3) is 0.526. The summed E-state index contributed by atoms with van der Waals surface area (Å²) in [4.78, 5) is 18.4. The van der Waals surface area contributed by atoms with E-state index in [2.05, 4.69) is 34.3 Å². The van der Waals surface area contributed by atoms with Crippen LogP contribution in [0.4, 0.5) is 0 Å². The Morgan fingerprint density at radius 1 is 1.28 bits per heavy atom. The quantitative estimate of drug-likeness (QED) is 0.791. The van der Waals surface area contributed by atoms with Gasteiger partial charge in [-0.2, -0.15) is 5.10 Å². The van der Waals surface area contributed by atoms with Gasteiger partial charge in [0.25, 0.3) is 5.91 Å². The van der Waals surface area contributed by atoms with Crippen molar-refractivity contribution >= 4 is 5.91 Å². The van der Waals surface area contributed by atoms with Gasteiger partial charge in [0.1, 0.15) is 0 Å². The third-order valence-corrected chi connectivity index (χ3v) is 5.03. The molecule has 1 aliphatic rings. The Balaban J connectivity index is 1.37. The molecule has 0 spiro atoms. The van der Waals surface area contributed by atoms with Crippen LogP contribution in [-0.2, 0) is 6.42 Å². The Hall–Kier alpha value is -2.21. The first kappa shape index (κ1) is 17.6. The normalized spacial score (nSPS) is 15.5. The van der Waals surface area contributed by atoms with Gasteiger partial charge in [-0.05, 0) is 63.8 Å². The van der Waals surface area contributed by atoms with Crippen molar-refractivity contribution in [3.05, 3.63) is 47.0 Å². The Labute approximate surface area is 149 Å². The van der Waals surface area contributed by atoms with Gasteiger partial charge < -0.3 is 10.2 Å². The number of pyridine rings is 1. The van der Waals surface area contributed by atoms with E-state index in [1.54, 1.807) is 24.5 Å². The van der Waals surface area contributed by atoms with Gasteiger partial charge in [-0.25, -0.2) is 0 Å². The summed E-state index contributed by atoms with van der Waals surface area (Å²) in [6, 6.07) is 4.08. The van der Waals surface area contributed by atoms with E-state index in [9.17, 15) is 4.79 Å². The summed E-state index contributed by atoms with van der Waals surface area (Å²) in [5.41, 5.74) is 4.37. The van der Waals surface area contributed by atoms with E-state index in [1.807, 2.05) is 4.90 Å². The number of H-pyrrole nitrogens is 1. The highest BCUT2D eigenvalue weighted by atomic mass is 16.2. The van der Waals surface area contributed by atoms with Crippen LogP contribution in [0.3, 0.4) is 0 Å². The smallest absolute Gasteiger partial charge is 0.253 e. The molecule has 1 amide bonds. The van der Waals surface area contributed by atoms with Crippen LogP contribution >= 0.6 is 0 Å². The lowest BCUT2D eigenvalue weighted by atomic mass is 10.0. The van der Waals surface area contributed by atoms with Crippen molar-refractivity contribution in [1.82, 2.24) is 25.4 Å². The Bertz CT molecular complexity index is 670. The molecule has 0 saturated carbocycles. The third-order valence-electron chi connectivity index (χ3n) is 5.03. The first-order valence-electron chi connectivity index (χ1n) is 9.08. The number of nitrogens with one attached hydrogen (secondary N) is 2. The molecule has 0 radical (unpaired) electrons. The van der Waals surface area contributed by atoms with Crippen LogP contribution in [0.25, 0.3) is 0 Å². The van der Waals surface area contributed by atoms with E-state index in [0.29, 0.717) is 6.04 Å². The number of likely N-dealkylation sites (tertiary alicyclic amines) is 1. The molecule has 134 valence electrons. The van der Waals surface area contributed by atoms with E-state index < -0.39 is 0 Å². The molecule has 1 saturated heterocycles. The summed E-state index contributed by atoms with van der Waals surface area (Å²) in [5, 5.41) is 10.9. The maximum Gasteiger partial charge on any atom is 0.253 e. The number of amides is 1. The standard InChI is InChI=1S/C19H27N5O/c1-14-18(15(2)23-22-14)4-3-9-21-17-7-12-24(13-8-17)19(25)16-5-10-20-11-6-16/h5-6,10-11,17,21H,3-4,7-9,12-13H2,1-2H3,(H,22,23). The zero-order valence-corrected chi connectivity index (χ0v) is 15.1. The van der Waals surface area contributed by atoms with Crippen LogP contribution < -0.4 is 5.32 Å². The van der Waals surface area contributed by atoms with E-state index in [-0.39, 0.29) is 5.91 Å². The number of aryl methyl sites for hydroxylation is 2. The van der Waals surface area contributed by atoms with Gasteiger partial charge >= 0.3 is 0 Å². The second kappa shape index (κ2) is 8.25. The molecule has 0 unspecified atom stereocenters. The lowest BCUT2D eigenvalue weighted by Gasteiger charge is -2.32. The van der Waals surface area contributed by atoms with Crippen molar-refractivity contribution < 1.29 is 4.79 Å². The minimum absolute atomic E-state index is 0.117. The first-order valence-corrected chi connectivity index (χ1v) is 9.08. The average Bonchev–Trinajstić information content (AvgIpc) is 2.97. The van der Waals surface area contributed by atoms with Crippen LogP contribution in [0.15, 0.2) is 24.5 Å². The van der Waals surface area contributed by atoms with Crippen LogP contribution in [0, 0.1) is 13.8 Å². The molecule has 3 rings (SSSR count). The maximum absolute atomic E-state index is 12.4. The lowest BCUT2D eigenvalue weighted by Crippen LogP contribution is -2.45. The fourth-order valence-electron chi connectivity index (χ4n) is 3.48. The van der Waals surface area contributed by atoms with Crippen molar-refractivity contribution in [2.75, 3.05) is 19.6 Å². The number of nitrogens with zero attached hydrogens (tertiary/aromatic N) is 3. The maximum atomic E-state index is 12.4. The molecule has 2 aromatic heterocycles. The van der Waals surface area contributed by atoms with E-state index in [1.165, 1.54) is 11.3 Å². The summed E-state index contributed by atoms with van der Waals surface area (Å²) in [6.45, 7) is 6.78. The largest absolute Gasteiger partial charge is 0.339 e. The third kappa shape index (κ3) is 4.45. The SMILES string of the molecule is Cc1n[nH]c(C)c1CCCNC1CCN(C(=O)c2ccncc2)CC1. The number of hydrogen-bond donors (Lipinski definition) is 2. The number of carbonyl (C=O) groups is 1. The number of piperidine rings is 1. The van der Waals surface area contributed by atoms with Gasteiger partial charge in [0.2, 0.25) is 0 Å². The molecule has 2 N–H and O–H groups in total. The first-order chi connectivity index (χ1) is 12.1. The van der Waals surface area contributed by atoms with Gasteiger partial charge in [-0.15, -0.1) is 0 Å². The van der Waals surface area contributed by atoms with E-state index in [0.717, 1.165) is 56.6 Å². The highest BCUT2D eigenvalue weighted by Crippen LogP contribution is 2.15. The summed E-state index contributed by atoms with van der Waals surface area (Å²) in [7, 11) is 0. The molecule has 3 heterocycles. The molecule has 1 aliphatic heterocycles. The lowest BCUT2D eigenvalue weighted by molar-refractivity contribution is 0.0705. The van der Waals surface area contributed by atoms with Gasteiger partial charge in [-0.1, -0.05) is 0 Å². The Kier molecular flexibility index (Phi) is 5.81. The predicted molar refractivity (Wildman–Crippen MR) is 97.5 cm³/mol. The van der Waals surface area contributed by atoms with Crippen LogP contribution in [-0.4, -0.2) is 51.7 Å². The number of hydrogen-bond acceptors (Lipinski definition) is 4. The molecule has 0 bridgehead atoms. The second-order valence-electron chi connectivity index (χ2n) is 6.77. The molecular formula is C19H27N5O. The Morgan fingerprint density at radius 3 is 2.64 bits per heavy atom. The summed E-state index contributed by atoms with van der Waals surface area (Å²) in [6.07, 6.45) is 7.54. The van der Waals surface area contributed by atoms with Gasteiger partial charge in [0, 0.05) is 42.8 Å². The highest BCUT2D eigenvalue weighted by molar-refractivity contribution is 5.94. The van der Waals surface area contributed by atoms with Crippen molar-refractivity contribution in [3.63, 3.8) is 0 Å². The number of aromatic nitrogens is 3. The van der Waals surface area contributed by atoms with Gasteiger partial charge in [-0.3, -0.25) is 14.9 Å². The molecule has 2 aromatic rings. The van der Waals surface area contributed by atoms with Gasteiger partial charge in [0.15, 0.2) is 0 Å². The number of carbonyl (C=O) groups excluding carboxylic acids is 1.